The van der Waals surface area contributed by atoms with E-state index in [0.717, 1.165) is 5.56 Å². The van der Waals surface area contributed by atoms with Crippen LogP contribution in [-0.4, -0.2) is 52.9 Å². The molecule has 7 nitrogen and oxygen atoms in total. The minimum atomic E-state index is -0.424. The first-order valence-electron chi connectivity index (χ1n) is 5.95. The molecule has 18 heavy (non-hydrogen) atoms. The van der Waals surface area contributed by atoms with Crippen LogP contribution >= 0.6 is 0 Å². The summed E-state index contributed by atoms with van der Waals surface area (Å²) in [6.45, 7) is 1.96. The summed E-state index contributed by atoms with van der Waals surface area (Å²) in [4.78, 5) is 13.5. The zero-order valence-corrected chi connectivity index (χ0v) is 10.5. The van der Waals surface area contributed by atoms with Crippen LogP contribution < -0.4 is 11.5 Å². The van der Waals surface area contributed by atoms with Crippen LogP contribution in [0.1, 0.15) is 11.6 Å². The molecule has 0 radical (unpaired) electrons. The smallest absolute Gasteiger partial charge is 0.237 e. The largest absolute Gasteiger partial charge is 0.378 e. The lowest BCUT2D eigenvalue weighted by atomic mass is 10.1. The molecule has 0 aromatic carbocycles. The first kappa shape index (κ1) is 13.0. The van der Waals surface area contributed by atoms with E-state index in [2.05, 4.69) is 5.10 Å². The van der Waals surface area contributed by atoms with Crippen molar-refractivity contribution in [3.63, 3.8) is 0 Å². The van der Waals surface area contributed by atoms with Crippen molar-refractivity contribution in [2.75, 3.05) is 26.3 Å². The molecule has 1 saturated heterocycles. The summed E-state index contributed by atoms with van der Waals surface area (Å²) in [5, 5.41) is 4.14. The molecule has 1 aliphatic heterocycles. The maximum absolute atomic E-state index is 11.5. The van der Waals surface area contributed by atoms with Gasteiger partial charge in [0.25, 0.3) is 0 Å². The molecule has 1 aromatic rings. The van der Waals surface area contributed by atoms with Crippen molar-refractivity contribution in [3.8, 4) is 0 Å². The van der Waals surface area contributed by atoms with Crippen LogP contribution in [0.5, 0.6) is 0 Å². The molecule has 1 aliphatic rings. The Bertz CT molecular complexity index is 419. The van der Waals surface area contributed by atoms with Gasteiger partial charge in [0.1, 0.15) is 6.04 Å². The molecule has 7 heteroatoms. The van der Waals surface area contributed by atoms with Gasteiger partial charge in [-0.2, -0.15) is 5.10 Å². The zero-order valence-electron chi connectivity index (χ0n) is 10.5. The number of hydrogen-bond donors (Lipinski definition) is 2. The van der Waals surface area contributed by atoms with Gasteiger partial charge in [0.2, 0.25) is 5.91 Å². The predicted molar refractivity (Wildman–Crippen MR) is 65.5 cm³/mol. The fraction of sp³-hybridized carbons (Fsp3) is 0.636. The average molecular weight is 253 g/mol. The van der Waals surface area contributed by atoms with Gasteiger partial charge in [0.05, 0.1) is 25.5 Å². The number of hydrogen-bond acceptors (Lipinski definition) is 5. The van der Waals surface area contributed by atoms with E-state index >= 15 is 0 Å². The molecule has 0 saturated carbocycles. The summed E-state index contributed by atoms with van der Waals surface area (Å²) in [5.41, 5.74) is 12.2. The van der Waals surface area contributed by atoms with Crippen molar-refractivity contribution in [2.24, 2.45) is 18.5 Å². The minimum Gasteiger partial charge on any atom is -0.378 e. The van der Waals surface area contributed by atoms with E-state index in [9.17, 15) is 4.79 Å². The Balaban J connectivity index is 2.22. The van der Waals surface area contributed by atoms with E-state index in [-0.39, 0.29) is 11.9 Å². The van der Waals surface area contributed by atoms with E-state index in [0.29, 0.717) is 26.3 Å². The number of nitrogens with two attached hydrogens (primary N) is 2. The van der Waals surface area contributed by atoms with Crippen molar-refractivity contribution in [3.05, 3.63) is 18.0 Å². The lowest BCUT2D eigenvalue weighted by molar-refractivity contribution is -0.131. The van der Waals surface area contributed by atoms with Gasteiger partial charge in [0, 0.05) is 31.9 Å². The number of carbonyl (C=O) groups is 1. The van der Waals surface area contributed by atoms with Gasteiger partial charge in [-0.1, -0.05) is 0 Å². The third kappa shape index (κ3) is 2.53. The molecule has 0 bridgehead atoms. The summed E-state index contributed by atoms with van der Waals surface area (Å²) in [5.74, 6) is -0.378. The second kappa shape index (κ2) is 5.47. The van der Waals surface area contributed by atoms with Gasteiger partial charge in [-0.3, -0.25) is 14.4 Å². The third-order valence-corrected chi connectivity index (χ3v) is 3.23. The number of primary amides is 1. The normalized spacial score (nSPS) is 22.9. The molecular weight excluding hydrogens is 234 g/mol. The van der Waals surface area contributed by atoms with Gasteiger partial charge in [0.15, 0.2) is 0 Å². The minimum absolute atomic E-state index is 0.0555. The topological polar surface area (TPSA) is 99.4 Å². The van der Waals surface area contributed by atoms with E-state index < -0.39 is 6.04 Å². The first-order valence-corrected chi connectivity index (χ1v) is 5.95. The molecule has 2 atom stereocenters. The van der Waals surface area contributed by atoms with Crippen LogP contribution in [0.3, 0.4) is 0 Å². The number of aromatic nitrogens is 2. The number of aryl methyl sites for hydroxylation is 1. The summed E-state index contributed by atoms with van der Waals surface area (Å²) in [6, 6.07) is -0.479. The number of ether oxygens (including phenoxy) is 1. The molecular formula is C11H19N5O2. The summed E-state index contributed by atoms with van der Waals surface area (Å²) in [6.07, 6.45) is 3.68. The van der Waals surface area contributed by atoms with Crippen LogP contribution in [0, 0.1) is 0 Å². The summed E-state index contributed by atoms with van der Waals surface area (Å²) < 4.78 is 7.03. The van der Waals surface area contributed by atoms with E-state index in [1.807, 2.05) is 18.1 Å². The Hall–Kier alpha value is -1.44. The molecule has 2 unspecified atom stereocenters. The van der Waals surface area contributed by atoms with Crippen LogP contribution in [-0.2, 0) is 16.6 Å². The number of rotatable bonds is 4. The second-order valence-electron chi connectivity index (χ2n) is 4.43. The molecule has 1 fully saturated rings. The van der Waals surface area contributed by atoms with Gasteiger partial charge in [-0.05, 0) is 0 Å². The van der Waals surface area contributed by atoms with Gasteiger partial charge in [-0.25, -0.2) is 0 Å². The fourth-order valence-corrected chi connectivity index (χ4v) is 2.31. The van der Waals surface area contributed by atoms with Crippen LogP contribution in [0.2, 0.25) is 0 Å². The SMILES string of the molecule is Cn1cc(C(CN)N2CCOCC2C(N)=O)cn1. The standard InChI is InChI=1S/C11H19N5O2/c1-15-6-8(5-14-15)9(4-12)16-2-3-18-7-10(16)11(13)17/h5-6,9-10H,2-4,7,12H2,1H3,(H2,13,17). The van der Waals surface area contributed by atoms with Crippen molar-refractivity contribution in [1.29, 1.82) is 0 Å². The maximum atomic E-state index is 11.5. The van der Waals surface area contributed by atoms with Crippen molar-refractivity contribution >= 4 is 5.91 Å². The fourth-order valence-electron chi connectivity index (χ4n) is 2.31. The van der Waals surface area contributed by atoms with Gasteiger partial charge >= 0.3 is 0 Å². The number of carbonyl (C=O) groups excluding carboxylic acids is 1. The molecule has 0 aliphatic carbocycles. The molecule has 2 heterocycles. The van der Waals surface area contributed by atoms with Gasteiger partial charge < -0.3 is 16.2 Å². The number of amides is 1. The van der Waals surface area contributed by atoms with E-state index in [4.69, 9.17) is 16.2 Å². The number of morpholine rings is 1. The average Bonchev–Trinajstić information content (AvgIpc) is 2.77. The Morgan fingerprint density at radius 2 is 2.50 bits per heavy atom. The van der Waals surface area contributed by atoms with Crippen LogP contribution in [0.4, 0.5) is 0 Å². The Morgan fingerprint density at radius 1 is 1.72 bits per heavy atom. The highest BCUT2D eigenvalue weighted by Gasteiger charge is 2.33. The highest BCUT2D eigenvalue weighted by atomic mass is 16.5. The van der Waals surface area contributed by atoms with E-state index in [1.54, 1.807) is 10.9 Å². The van der Waals surface area contributed by atoms with Crippen molar-refractivity contribution in [2.45, 2.75) is 12.1 Å². The molecule has 4 N–H and O–H groups in total. The van der Waals surface area contributed by atoms with Crippen LogP contribution in [0.15, 0.2) is 12.4 Å². The maximum Gasteiger partial charge on any atom is 0.237 e. The quantitative estimate of drug-likeness (QED) is 0.688. The van der Waals surface area contributed by atoms with E-state index in [1.165, 1.54) is 0 Å². The molecule has 0 spiro atoms. The lowest BCUT2D eigenvalue weighted by Gasteiger charge is -2.38. The Kier molecular flexibility index (Phi) is 3.95. The summed E-state index contributed by atoms with van der Waals surface area (Å²) >= 11 is 0. The summed E-state index contributed by atoms with van der Waals surface area (Å²) in [7, 11) is 1.85. The highest BCUT2D eigenvalue weighted by Crippen LogP contribution is 2.23. The third-order valence-electron chi connectivity index (χ3n) is 3.23. The Labute approximate surface area is 106 Å². The zero-order chi connectivity index (χ0) is 13.1. The first-order chi connectivity index (χ1) is 8.63. The van der Waals surface area contributed by atoms with Crippen molar-refractivity contribution in [1.82, 2.24) is 14.7 Å². The van der Waals surface area contributed by atoms with Crippen LogP contribution in [0.25, 0.3) is 0 Å². The molecule has 1 amide bonds. The predicted octanol–water partition coefficient (Wildman–Crippen LogP) is -1.39. The lowest BCUT2D eigenvalue weighted by Crippen LogP contribution is -2.54. The van der Waals surface area contributed by atoms with Gasteiger partial charge in [-0.15, -0.1) is 0 Å². The number of nitrogens with zero attached hydrogens (tertiary/aromatic N) is 3. The monoisotopic (exact) mass is 253 g/mol. The molecule has 2 rings (SSSR count). The molecule has 1 aromatic heterocycles. The second-order valence-corrected chi connectivity index (χ2v) is 4.43. The molecule has 100 valence electrons. The van der Waals surface area contributed by atoms with Crippen molar-refractivity contribution < 1.29 is 9.53 Å². The highest BCUT2D eigenvalue weighted by molar-refractivity contribution is 5.80. The Morgan fingerprint density at radius 3 is 3.06 bits per heavy atom.